The maximum atomic E-state index is 13.7. The Morgan fingerprint density at radius 3 is 2.49 bits per heavy atom. The average Bonchev–Trinajstić information content (AvgIpc) is 3.66. The summed E-state index contributed by atoms with van der Waals surface area (Å²) in [6, 6.07) is 5.82. The second-order valence-electron chi connectivity index (χ2n) is 11.0. The molecule has 1 aromatic rings. The molecule has 0 spiro atoms. The van der Waals surface area contributed by atoms with Gasteiger partial charge in [-0.1, -0.05) is 6.07 Å². The van der Waals surface area contributed by atoms with Crippen molar-refractivity contribution < 1.29 is 33.3 Å². The first-order valence-electron chi connectivity index (χ1n) is 13.3. The van der Waals surface area contributed by atoms with E-state index in [4.69, 9.17) is 23.7 Å². The Kier molecular flexibility index (Phi) is 10.1. The van der Waals surface area contributed by atoms with Gasteiger partial charge in [-0.15, -0.1) is 0 Å². The van der Waals surface area contributed by atoms with Crippen LogP contribution in [-0.2, 0) is 19.0 Å². The highest BCUT2D eigenvalue weighted by Crippen LogP contribution is 2.38. The highest BCUT2D eigenvalue weighted by molar-refractivity contribution is 5.83. The Balaban J connectivity index is 1.76. The van der Waals surface area contributed by atoms with Gasteiger partial charge in [0.15, 0.2) is 17.6 Å². The molecule has 37 heavy (non-hydrogen) atoms. The van der Waals surface area contributed by atoms with Crippen molar-refractivity contribution in [2.24, 2.45) is 0 Å². The van der Waals surface area contributed by atoms with E-state index in [1.165, 1.54) is 0 Å². The molecule has 3 rings (SSSR count). The van der Waals surface area contributed by atoms with Crippen LogP contribution in [0.5, 0.6) is 11.5 Å². The van der Waals surface area contributed by atoms with Crippen LogP contribution in [0.15, 0.2) is 18.2 Å². The van der Waals surface area contributed by atoms with Crippen LogP contribution in [0, 0.1) is 0 Å². The molecular formula is C28H44N2O7. The lowest BCUT2D eigenvalue weighted by molar-refractivity contribution is -0.151. The van der Waals surface area contributed by atoms with E-state index in [0.717, 1.165) is 24.8 Å². The smallest absolute Gasteiger partial charge is 0.410 e. The van der Waals surface area contributed by atoms with E-state index in [9.17, 15) is 9.59 Å². The highest BCUT2D eigenvalue weighted by Gasteiger charge is 2.42. The second-order valence-corrected chi connectivity index (χ2v) is 11.0. The maximum absolute atomic E-state index is 13.7. The zero-order chi connectivity index (χ0) is 27.2. The molecule has 1 saturated carbocycles. The van der Waals surface area contributed by atoms with Crippen LogP contribution in [0.3, 0.4) is 0 Å². The fourth-order valence-electron chi connectivity index (χ4n) is 4.29. The summed E-state index contributed by atoms with van der Waals surface area (Å²) in [6.45, 7) is 13.5. The predicted molar refractivity (Wildman–Crippen MR) is 140 cm³/mol. The molecule has 9 nitrogen and oxygen atoms in total. The van der Waals surface area contributed by atoms with Crippen LogP contribution < -0.4 is 9.47 Å². The minimum absolute atomic E-state index is 0.00510. The minimum Gasteiger partial charge on any atom is -0.490 e. The van der Waals surface area contributed by atoms with Gasteiger partial charge >= 0.3 is 6.09 Å². The Morgan fingerprint density at radius 2 is 1.86 bits per heavy atom. The molecule has 1 aliphatic heterocycles. The van der Waals surface area contributed by atoms with E-state index in [1.807, 2.05) is 64.6 Å². The normalized spacial score (nSPS) is 18.9. The maximum Gasteiger partial charge on any atom is 0.410 e. The number of hydrogen-bond acceptors (Lipinski definition) is 7. The van der Waals surface area contributed by atoms with E-state index >= 15 is 0 Å². The van der Waals surface area contributed by atoms with Gasteiger partial charge in [-0.25, -0.2) is 4.79 Å². The first-order valence-corrected chi connectivity index (χ1v) is 13.3. The van der Waals surface area contributed by atoms with Crippen molar-refractivity contribution in [2.75, 3.05) is 40.0 Å². The average molecular weight is 521 g/mol. The van der Waals surface area contributed by atoms with Gasteiger partial charge in [-0.2, -0.15) is 0 Å². The van der Waals surface area contributed by atoms with Crippen molar-refractivity contribution in [3.05, 3.63) is 23.8 Å². The van der Waals surface area contributed by atoms with E-state index < -0.39 is 17.8 Å². The number of hydrogen-bond donors (Lipinski definition) is 0. The fourth-order valence-corrected chi connectivity index (χ4v) is 4.29. The van der Waals surface area contributed by atoms with Gasteiger partial charge in [0, 0.05) is 32.7 Å². The van der Waals surface area contributed by atoms with Crippen molar-refractivity contribution in [1.82, 2.24) is 9.80 Å². The molecule has 0 radical (unpaired) electrons. The van der Waals surface area contributed by atoms with Crippen molar-refractivity contribution in [2.45, 2.75) is 90.7 Å². The number of amides is 2. The predicted octanol–water partition coefficient (Wildman–Crippen LogP) is 4.58. The summed E-state index contributed by atoms with van der Waals surface area (Å²) in [7, 11) is 1.67. The summed E-state index contributed by atoms with van der Waals surface area (Å²) in [5.41, 5.74) is 0.357. The van der Waals surface area contributed by atoms with Gasteiger partial charge in [0.2, 0.25) is 0 Å². The summed E-state index contributed by atoms with van der Waals surface area (Å²) in [5, 5.41) is 0. The minimum atomic E-state index is -0.724. The number of morpholine rings is 1. The Labute approximate surface area is 221 Å². The molecule has 1 aliphatic carbocycles. The van der Waals surface area contributed by atoms with Gasteiger partial charge in [-0.3, -0.25) is 4.79 Å². The van der Waals surface area contributed by atoms with Crippen LogP contribution >= 0.6 is 0 Å². The van der Waals surface area contributed by atoms with Crippen molar-refractivity contribution in [1.29, 1.82) is 0 Å². The molecule has 0 aromatic heterocycles. The third-order valence-corrected chi connectivity index (χ3v) is 6.17. The molecule has 2 fully saturated rings. The molecule has 0 bridgehead atoms. The largest absolute Gasteiger partial charge is 0.490 e. The summed E-state index contributed by atoms with van der Waals surface area (Å²) >= 11 is 0. The van der Waals surface area contributed by atoms with Gasteiger partial charge in [0.1, 0.15) is 5.60 Å². The zero-order valence-corrected chi connectivity index (χ0v) is 23.5. The summed E-state index contributed by atoms with van der Waals surface area (Å²) in [6.07, 6.45) is 1.52. The first kappa shape index (κ1) is 29.0. The SMILES string of the molecule is COCCCOc1cc([C@@H](C)N(C(=O)[C@H]2CN(C(=O)OC(C)(C)C)CCO2)C2CC2)ccc1OC(C)C. The van der Waals surface area contributed by atoms with Crippen LogP contribution in [0.25, 0.3) is 0 Å². The Hall–Kier alpha value is -2.52. The van der Waals surface area contributed by atoms with Crippen molar-refractivity contribution in [3.8, 4) is 11.5 Å². The van der Waals surface area contributed by atoms with E-state index in [0.29, 0.717) is 37.9 Å². The van der Waals surface area contributed by atoms with Gasteiger partial charge in [0.25, 0.3) is 5.91 Å². The summed E-state index contributed by atoms with van der Waals surface area (Å²) in [5.74, 6) is 1.23. The molecule has 2 aliphatic rings. The van der Waals surface area contributed by atoms with E-state index in [1.54, 1.807) is 12.0 Å². The topological polar surface area (TPSA) is 86.8 Å². The Bertz CT molecular complexity index is 910. The third kappa shape index (κ3) is 8.50. The molecule has 1 aromatic carbocycles. The zero-order valence-electron chi connectivity index (χ0n) is 23.5. The van der Waals surface area contributed by atoms with Crippen LogP contribution in [0.1, 0.15) is 72.4 Å². The monoisotopic (exact) mass is 520 g/mol. The Morgan fingerprint density at radius 1 is 1.14 bits per heavy atom. The lowest BCUT2D eigenvalue weighted by atomic mass is 10.0. The van der Waals surface area contributed by atoms with E-state index in [2.05, 4.69) is 0 Å². The fraction of sp³-hybridized carbons (Fsp3) is 0.714. The number of rotatable bonds is 11. The molecule has 208 valence electrons. The number of ether oxygens (including phenoxy) is 5. The molecule has 2 atom stereocenters. The van der Waals surface area contributed by atoms with Crippen LogP contribution in [0.2, 0.25) is 0 Å². The van der Waals surface area contributed by atoms with Gasteiger partial charge < -0.3 is 33.5 Å². The lowest BCUT2D eigenvalue weighted by Gasteiger charge is -2.38. The summed E-state index contributed by atoms with van der Waals surface area (Å²) in [4.78, 5) is 29.8. The first-order chi connectivity index (χ1) is 17.5. The van der Waals surface area contributed by atoms with Crippen LogP contribution in [-0.4, -0.2) is 85.7 Å². The number of benzene rings is 1. The van der Waals surface area contributed by atoms with E-state index in [-0.39, 0.29) is 30.6 Å². The molecule has 0 unspecified atom stereocenters. The highest BCUT2D eigenvalue weighted by atomic mass is 16.6. The number of carbonyl (C=O) groups is 2. The second kappa shape index (κ2) is 12.8. The lowest BCUT2D eigenvalue weighted by Crippen LogP contribution is -2.54. The molecular weight excluding hydrogens is 476 g/mol. The van der Waals surface area contributed by atoms with Crippen LogP contribution in [0.4, 0.5) is 4.79 Å². The number of nitrogens with zero attached hydrogens (tertiary/aromatic N) is 2. The van der Waals surface area contributed by atoms with Crippen molar-refractivity contribution >= 4 is 12.0 Å². The molecule has 1 saturated heterocycles. The number of methoxy groups -OCH3 is 1. The molecule has 0 N–H and O–H groups in total. The number of carbonyl (C=O) groups excluding carboxylic acids is 2. The quantitative estimate of drug-likeness (QED) is 0.395. The molecule has 2 amide bonds. The molecule has 9 heteroatoms. The standard InChI is InChI=1S/C28H44N2O7/c1-19(2)36-23-12-9-21(17-24(23)34-15-8-14-33-7)20(3)30(22-10-11-22)26(31)25-18-29(13-16-35-25)27(32)37-28(4,5)6/h9,12,17,19-20,22,25H,8,10-11,13-16,18H2,1-7H3/t20-,25-/m1/s1. The molecule has 1 heterocycles. The van der Waals surface area contributed by atoms with Crippen molar-refractivity contribution in [3.63, 3.8) is 0 Å². The third-order valence-electron chi connectivity index (χ3n) is 6.17. The van der Waals surface area contributed by atoms with Gasteiger partial charge in [0.05, 0.1) is 31.9 Å². The van der Waals surface area contributed by atoms with Gasteiger partial charge in [-0.05, 0) is 72.1 Å². The summed E-state index contributed by atoms with van der Waals surface area (Å²) < 4.78 is 28.5.